The van der Waals surface area contributed by atoms with E-state index in [1.165, 1.54) is 15.3 Å². The Hall–Kier alpha value is -5.91. The van der Waals surface area contributed by atoms with Crippen LogP contribution < -0.4 is 14.2 Å². The number of ether oxygens (including phenoxy) is 2. The van der Waals surface area contributed by atoms with Gasteiger partial charge in [-0.1, -0.05) is 112 Å². The van der Waals surface area contributed by atoms with Crippen LogP contribution in [0.25, 0.3) is 22.5 Å². The summed E-state index contributed by atoms with van der Waals surface area (Å²) in [4.78, 5) is 18.1. The molecule has 8 rings (SSSR count). The van der Waals surface area contributed by atoms with Gasteiger partial charge in [-0.15, -0.1) is 10.2 Å². The van der Waals surface area contributed by atoms with Gasteiger partial charge in [0.15, 0.2) is 8.32 Å². The molecule has 2 aliphatic rings. The van der Waals surface area contributed by atoms with E-state index in [0.29, 0.717) is 67.1 Å². The topological polar surface area (TPSA) is 161 Å². The average molecular weight is 986 g/mol. The van der Waals surface area contributed by atoms with Gasteiger partial charge >= 0.3 is 6.09 Å². The zero-order valence-corrected chi connectivity index (χ0v) is 43.3. The van der Waals surface area contributed by atoms with Crippen molar-refractivity contribution in [1.82, 2.24) is 34.7 Å². The first-order chi connectivity index (χ1) is 33.5. The normalized spacial score (nSPS) is 17.0. The van der Waals surface area contributed by atoms with Crippen molar-refractivity contribution < 1.29 is 32.2 Å². The second-order valence-corrected chi connectivity index (χ2v) is 26.8. The number of piperidine rings is 1. The SMILES string of the molecule is COc1ccc(CNS(=O)(=O)c2c(CC3CCN(C(=O)O)C(Cc4ccccc4)C3)ccc(-c3ccc(C4CN(CCO[Si](C)(C)C(C)(C)C)C4)cc3)c2-c2nnn(Cc3ccc(OC)cc3)n2)cc1. The predicted molar refractivity (Wildman–Crippen MR) is 275 cm³/mol. The molecule has 1 aromatic heterocycles. The number of carbonyl (C=O) groups is 1. The van der Waals surface area contributed by atoms with E-state index in [9.17, 15) is 9.90 Å². The van der Waals surface area contributed by atoms with Gasteiger partial charge in [-0.3, -0.25) is 4.90 Å². The van der Waals surface area contributed by atoms with Crippen molar-refractivity contribution in [1.29, 1.82) is 0 Å². The van der Waals surface area contributed by atoms with Crippen molar-refractivity contribution in [2.24, 2.45) is 5.92 Å². The highest BCUT2D eigenvalue weighted by Crippen LogP contribution is 2.41. The lowest BCUT2D eigenvalue weighted by atomic mass is 9.83. The monoisotopic (exact) mass is 985 g/mol. The first kappa shape index (κ1) is 50.5. The Bertz CT molecular complexity index is 2810. The van der Waals surface area contributed by atoms with Gasteiger partial charge in [0.2, 0.25) is 15.8 Å². The molecule has 14 nitrogen and oxygen atoms in total. The fraction of sp³-hybridized carbons (Fsp3) is 0.407. The number of benzene rings is 5. The Labute approximate surface area is 414 Å². The van der Waals surface area contributed by atoms with Crippen molar-refractivity contribution in [3.63, 3.8) is 0 Å². The standard InChI is InChI=1S/C54H67N7O7SSi/c1-54(2,3)70(6,7)68-30-29-59-36-45(37-59)42-17-19-43(20-18-42)49-26-21-44(31-41-27-28-60(53(62)63)46(33-41)32-38-11-9-8-10-12-38)51(69(64,65)55-34-39-13-22-47(66-4)23-14-39)50(49)52-56-58-61(57-52)35-40-15-24-48(67-5)25-16-40/h8-26,41,45-46,55H,27-37H2,1-7H3,(H,62,63). The molecule has 2 atom stereocenters. The van der Waals surface area contributed by atoms with Crippen LogP contribution in [0.1, 0.15) is 67.3 Å². The molecule has 16 heteroatoms. The van der Waals surface area contributed by atoms with E-state index in [2.05, 4.69) is 78.1 Å². The third kappa shape index (κ3) is 12.0. The number of rotatable bonds is 19. The van der Waals surface area contributed by atoms with Gasteiger partial charge < -0.3 is 23.9 Å². The zero-order valence-electron chi connectivity index (χ0n) is 41.5. The van der Waals surface area contributed by atoms with Gasteiger partial charge in [-0.25, -0.2) is 17.9 Å². The van der Waals surface area contributed by atoms with Crippen molar-refractivity contribution in [2.75, 3.05) is 47.0 Å². The summed E-state index contributed by atoms with van der Waals surface area (Å²) in [7, 11) is -2.90. The van der Waals surface area contributed by atoms with Gasteiger partial charge in [-0.2, -0.15) is 4.80 Å². The van der Waals surface area contributed by atoms with E-state index < -0.39 is 24.4 Å². The third-order valence-corrected chi connectivity index (χ3v) is 20.6. The first-order valence-corrected chi connectivity index (χ1v) is 28.6. The number of amides is 1. The number of hydrogen-bond acceptors (Lipinski definition) is 10. The van der Waals surface area contributed by atoms with Gasteiger partial charge in [0.1, 0.15) is 11.5 Å². The Morgan fingerprint density at radius 3 is 2.11 bits per heavy atom. The lowest BCUT2D eigenvalue weighted by molar-refractivity contribution is 0.0895. The molecular formula is C54H67N7O7SSi. The summed E-state index contributed by atoms with van der Waals surface area (Å²) in [5.74, 6) is 1.93. The van der Waals surface area contributed by atoms with Crippen LogP contribution in [0.4, 0.5) is 4.79 Å². The summed E-state index contributed by atoms with van der Waals surface area (Å²) < 4.78 is 50.6. The fourth-order valence-corrected chi connectivity index (χ4v) is 11.9. The third-order valence-electron chi connectivity index (χ3n) is 14.5. The number of hydrogen-bond donors (Lipinski definition) is 2. The minimum Gasteiger partial charge on any atom is -0.497 e. The molecule has 2 saturated heterocycles. The van der Waals surface area contributed by atoms with E-state index in [0.717, 1.165) is 54.2 Å². The molecule has 1 amide bonds. The molecule has 3 heterocycles. The highest BCUT2D eigenvalue weighted by molar-refractivity contribution is 7.89. The molecule has 2 N–H and O–H groups in total. The molecule has 5 aromatic carbocycles. The number of nitrogens with zero attached hydrogens (tertiary/aromatic N) is 6. The van der Waals surface area contributed by atoms with Crippen LogP contribution in [0.5, 0.6) is 11.5 Å². The minimum absolute atomic E-state index is 0.0165. The van der Waals surface area contributed by atoms with E-state index in [-0.39, 0.29) is 34.3 Å². The van der Waals surface area contributed by atoms with E-state index >= 15 is 8.42 Å². The van der Waals surface area contributed by atoms with E-state index in [1.54, 1.807) is 26.4 Å². The van der Waals surface area contributed by atoms with Crippen LogP contribution in [-0.2, 0) is 40.4 Å². The quantitative estimate of drug-likeness (QED) is 0.0744. The highest BCUT2D eigenvalue weighted by Gasteiger charge is 2.38. The zero-order chi connectivity index (χ0) is 49.6. The summed E-state index contributed by atoms with van der Waals surface area (Å²) in [5, 5.41) is 24.4. The van der Waals surface area contributed by atoms with E-state index in [4.69, 9.17) is 19.0 Å². The molecule has 370 valence electrons. The van der Waals surface area contributed by atoms with Crippen molar-refractivity contribution >= 4 is 24.4 Å². The van der Waals surface area contributed by atoms with Crippen LogP contribution in [0.15, 0.2) is 120 Å². The lowest BCUT2D eigenvalue weighted by Crippen LogP contribution is -2.48. The van der Waals surface area contributed by atoms with Gasteiger partial charge in [0.25, 0.3) is 0 Å². The second kappa shape index (κ2) is 21.6. The molecule has 2 unspecified atom stereocenters. The Morgan fingerprint density at radius 1 is 0.829 bits per heavy atom. The smallest absolute Gasteiger partial charge is 0.407 e. The number of aromatic nitrogens is 4. The summed E-state index contributed by atoms with van der Waals surface area (Å²) in [6, 6.07) is 36.8. The Morgan fingerprint density at radius 2 is 1.49 bits per heavy atom. The van der Waals surface area contributed by atoms with Gasteiger partial charge in [0.05, 0.1) is 31.2 Å². The molecule has 0 saturated carbocycles. The molecule has 0 aliphatic carbocycles. The van der Waals surface area contributed by atoms with Gasteiger partial charge in [-0.05, 0) is 118 Å². The largest absolute Gasteiger partial charge is 0.497 e. The molecule has 2 fully saturated rings. The van der Waals surface area contributed by atoms with Crippen LogP contribution >= 0.6 is 0 Å². The van der Waals surface area contributed by atoms with Gasteiger partial charge in [0, 0.05) is 51.3 Å². The van der Waals surface area contributed by atoms with E-state index in [1.807, 2.05) is 78.9 Å². The number of tetrazole rings is 1. The van der Waals surface area contributed by atoms with Crippen molar-refractivity contribution in [2.45, 2.75) is 94.5 Å². The number of methoxy groups -OCH3 is 2. The minimum atomic E-state index is -4.29. The maximum absolute atomic E-state index is 15.2. The Kier molecular flexibility index (Phi) is 15.6. The molecule has 2 aliphatic heterocycles. The van der Waals surface area contributed by atoms with Crippen LogP contribution in [0.2, 0.25) is 18.1 Å². The summed E-state index contributed by atoms with van der Waals surface area (Å²) >= 11 is 0. The number of likely N-dealkylation sites (tertiary alicyclic amines) is 2. The average Bonchev–Trinajstić information content (AvgIpc) is 3.80. The summed E-state index contributed by atoms with van der Waals surface area (Å²) in [5.41, 5.74) is 6.37. The highest BCUT2D eigenvalue weighted by atomic mass is 32.2. The van der Waals surface area contributed by atoms with Crippen molar-refractivity contribution in [3.8, 4) is 34.0 Å². The molecule has 6 aromatic rings. The Balaban J connectivity index is 1.15. The molecule has 0 radical (unpaired) electrons. The molecule has 0 bridgehead atoms. The molecule has 0 spiro atoms. The predicted octanol–water partition coefficient (Wildman–Crippen LogP) is 9.52. The fourth-order valence-electron chi connectivity index (χ4n) is 9.36. The van der Waals surface area contributed by atoms with Crippen molar-refractivity contribution in [3.05, 3.63) is 143 Å². The first-order valence-electron chi connectivity index (χ1n) is 24.2. The summed E-state index contributed by atoms with van der Waals surface area (Å²) in [6.45, 7) is 15.6. The van der Waals surface area contributed by atoms with Crippen LogP contribution in [0, 0.1) is 5.92 Å². The molecule has 70 heavy (non-hydrogen) atoms. The number of carboxylic acid groups (broad SMARTS) is 1. The maximum atomic E-state index is 15.2. The molecular weight excluding hydrogens is 919 g/mol. The lowest BCUT2D eigenvalue weighted by Gasteiger charge is -2.41. The number of nitrogens with one attached hydrogen (secondary N) is 1. The number of sulfonamides is 1. The van der Waals surface area contributed by atoms with Crippen LogP contribution in [-0.4, -0.2) is 111 Å². The van der Waals surface area contributed by atoms with Crippen LogP contribution in [0.3, 0.4) is 0 Å². The second-order valence-electron chi connectivity index (χ2n) is 20.2. The summed E-state index contributed by atoms with van der Waals surface area (Å²) in [6.07, 6.45) is 1.14. The maximum Gasteiger partial charge on any atom is 0.407 e.